The number of amides is 1. The maximum atomic E-state index is 12.6. The van der Waals surface area contributed by atoms with Crippen LogP contribution in [0.5, 0.6) is 0 Å². The molecule has 1 aromatic heterocycles. The summed E-state index contributed by atoms with van der Waals surface area (Å²) in [5.74, 6) is -0.309. The van der Waals surface area contributed by atoms with Crippen LogP contribution < -0.4 is 5.32 Å². The molecule has 5 rings (SSSR count). The molecule has 1 aliphatic rings. The highest BCUT2D eigenvalue weighted by atomic mass is 32.2. The van der Waals surface area contributed by atoms with E-state index in [1.807, 2.05) is 0 Å². The maximum absolute atomic E-state index is 12.6. The van der Waals surface area contributed by atoms with Crippen molar-refractivity contribution >= 4 is 53.2 Å². The number of hydrogen-bond acceptors (Lipinski definition) is 5. The Bertz CT molecular complexity index is 1370. The van der Waals surface area contributed by atoms with Gasteiger partial charge in [-0.25, -0.2) is 13.4 Å². The first kappa shape index (κ1) is 17.3. The standard InChI is InChI=1S/C21H16N2O3S2/c1-28(25,26)15-9-7-13(8-10-15)20(24)23-21-22-19-16-4-2-3-12-5-6-14(18(12)16)11-17(19)27-21/h2-4,7-11H,5-6H2,1H3,(H,22,23,24). The van der Waals surface area contributed by atoms with Crippen LogP contribution in [0.2, 0.25) is 0 Å². The summed E-state index contributed by atoms with van der Waals surface area (Å²) in [6.07, 6.45) is 3.25. The molecule has 0 saturated carbocycles. The second-order valence-corrected chi connectivity index (χ2v) is 10.0. The number of anilines is 1. The highest BCUT2D eigenvalue weighted by Crippen LogP contribution is 2.39. The van der Waals surface area contributed by atoms with E-state index in [4.69, 9.17) is 0 Å². The van der Waals surface area contributed by atoms with Crippen LogP contribution in [-0.4, -0.2) is 25.6 Å². The SMILES string of the molecule is CS(=O)(=O)c1ccc(C(=O)Nc2nc3c(cc4c5c(cccc53)CC4)s2)cc1. The molecule has 0 atom stereocenters. The van der Waals surface area contributed by atoms with Gasteiger partial charge in [-0.05, 0) is 59.7 Å². The summed E-state index contributed by atoms with van der Waals surface area (Å²) in [6, 6.07) is 14.4. The molecule has 28 heavy (non-hydrogen) atoms. The van der Waals surface area contributed by atoms with Crippen LogP contribution in [0.15, 0.2) is 53.4 Å². The molecule has 5 nitrogen and oxygen atoms in total. The number of fused-ring (bicyclic) bond motifs is 2. The van der Waals surface area contributed by atoms with Crippen LogP contribution in [0.3, 0.4) is 0 Å². The Morgan fingerprint density at radius 3 is 2.57 bits per heavy atom. The van der Waals surface area contributed by atoms with Crippen molar-refractivity contribution in [3.05, 3.63) is 65.2 Å². The minimum atomic E-state index is -3.29. The Hall–Kier alpha value is -2.77. The van der Waals surface area contributed by atoms with Gasteiger partial charge in [-0.1, -0.05) is 29.5 Å². The average molecular weight is 409 g/mol. The van der Waals surface area contributed by atoms with Crippen molar-refractivity contribution in [2.24, 2.45) is 0 Å². The monoisotopic (exact) mass is 408 g/mol. The Labute approximate surface area is 166 Å². The van der Waals surface area contributed by atoms with Gasteiger partial charge in [-0.2, -0.15) is 0 Å². The third-order valence-electron chi connectivity index (χ3n) is 5.11. The van der Waals surface area contributed by atoms with Crippen molar-refractivity contribution in [1.82, 2.24) is 4.98 Å². The lowest BCUT2D eigenvalue weighted by Crippen LogP contribution is -2.11. The Morgan fingerprint density at radius 2 is 1.82 bits per heavy atom. The number of benzene rings is 3. The first-order valence-electron chi connectivity index (χ1n) is 8.86. The van der Waals surface area contributed by atoms with Crippen LogP contribution in [0.4, 0.5) is 5.13 Å². The van der Waals surface area contributed by atoms with Gasteiger partial charge in [0.15, 0.2) is 15.0 Å². The zero-order valence-corrected chi connectivity index (χ0v) is 16.7. The first-order valence-corrected chi connectivity index (χ1v) is 11.6. The zero-order chi connectivity index (χ0) is 19.5. The highest BCUT2D eigenvalue weighted by Gasteiger charge is 2.19. The lowest BCUT2D eigenvalue weighted by atomic mass is 10.0. The molecule has 3 aromatic carbocycles. The molecular formula is C21H16N2O3S2. The number of carbonyl (C=O) groups excluding carboxylic acids is 1. The van der Waals surface area contributed by atoms with Crippen LogP contribution in [0.25, 0.3) is 21.0 Å². The van der Waals surface area contributed by atoms with Gasteiger partial charge in [0.2, 0.25) is 0 Å². The van der Waals surface area contributed by atoms with Gasteiger partial charge in [0, 0.05) is 17.2 Å². The van der Waals surface area contributed by atoms with E-state index in [0.717, 1.165) is 34.7 Å². The number of nitrogens with zero attached hydrogens (tertiary/aromatic N) is 1. The summed E-state index contributed by atoms with van der Waals surface area (Å²) < 4.78 is 24.2. The second kappa shape index (κ2) is 6.12. The van der Waals surface area contributed by atoms with E-state index in [0.29, 0.717) is 10.7 Å². The first-order chi connectivity index (χ1) is 13.4. The van der Waals surface area contributed by atoms with Gasteiger partial charge in [0.05, 0.1) is 15.1 Å². The van der Waals surface area contributed by atoms with Crippen molar-refractivity contribution < 1.29 is 13.2 Å². The molecular weight excluding hydrogens is 392 g/mol. The van der Waals surface area contributed by atoms with E-state index in [9.17, 15) is 13.2 Å². The Morgan fingerprint density at radius 1 is 1.07 bits per heavy atom. The lowest BCUT2D eigenvalue weighted by Gasteiger charge is -2.03. The summed E-state index contributed by atoms with van der Waals surface area (Å²) in [5, 5.41) is 5.82. The third kappa shape index (κ3) is 2.78. The molecule has 0 saturated heterocycles. The summed E-state index contributed by atoms with van der Waals surface area (Å²) in [4.78, 5) is 17.4. The van der Waals surface area contributed by atoms with E-state index in [2.05, 4.69) is 34.6 Å². The molecule has 0 bridgehead atoms. The maximum Gasteiger partial charge on any atom is 0.257 e. The fourth-order valence-electron chi connectivity index (χ4n) is 3.78. The van der Waals surface area contributed by atoms with E-state index in [1.165, 1.54) is 52.1 Å². The predicted molar refractivity (Wildman–Crippen MR) is 112 cm³/mol. The molecule has 1 heterocycles. The van der Waals surface area contributed by atoms with Crippen molar-refractivity contribution in [3.63, 3.8) is 0 Å². The molecule has 0 fully saturated rings. The number of carbonyl (C=O) groups is 1. The largest absolute Gasteiger partial charge is 0.298 e. The number of aryl methyl sites for hydroxylation is 2. The third-order valence-corrected chi connectivity index (χ3v) is 7.16. The molecule has 140 valence electrons. The molecule has 0 unspecified atom stereocenters. The minimum Gasteiger partial charge on any atom is -0.298 e. The van der Waals surface area contributed by atoms with Gasteiger partial charge in [0.1, 0.15) is 0 Å². The number of hydrogen-bond donors (Lipinski definition) is 1. The molecule has 7 heteroatoms. The van der Waals surface area contributed by atoms with Crippen LogP contribution in [0.1, 0.15) is 21.5 Å². The predicted octanol–water partition coefficient (Wildman–Crippen LogP) is 4.20. The van der Waals surface area contributed by atoms with Crippen LogP contribution >= 0.6 is 11.3 Å². The number of rotatable bonds is 3. The van der Waals surface area contributed by atoms with Gasteiger partial charge in [-0.3, -0.25) is 10.1 Å². The van der Waals surface area contributed by atoms with Crippen molar-refractivity contribution in [2.75, 3.05) is 11.6 Å². The molecule has 1 N–H and O–H groups in total. The number of nitrogens with one attached hydrogen (secondary N) is 1. The van der Waals surface area contributed by atoms with E-state index >= 15 is 0 Å². The summed E-state index contributed by atoms with van der Waals surface area (Å²) in [5.41, 5.74) is 4.01. The highest BCUT2D eigenvalue weighted by molar-refractivity contribution is 7.90. The molecule has 1 aliphatic carbocycles. The summed E-state index contributed by atoms with van der Waals surface area (Å²) >= 11 is 1.46. The molecule has 1 amide bonds. The van der Waals surface area contributed by atoms with Crippen LogP contribution in [-0.2, 0) is 22.7 Å². The Balaban J connectivity index is 1.50. The zero-order valence-electron chi connectivity index (χ0n) is 15.0. The van der Waals surface area contributed by atoms with Crippen molar-refractivity contribution in [2.45, 2.75) is 17.7 Å². The number of aromatic nitrogens is 1. The topological polar surface area (TPSA) is 76.1 Å². The fraction of sp³-hybridized carbons (Fsp3) is 0.143. The van der Waals surface area contributed by atoms with Crippen molar-refractivity contribution in [1.29, 1.82) is 0 Å². The minimum absolute atomic E-state index is 0.188. The summed E-state index contributed by atoms with van der Waals surface area (Å²) in [6.45, 7) is 0. The van der Waals surface area contributed by atoms with E-state index in [1.54, 1.807) is 0 Å². The average Bonchev–Trinajstić information content (AvgIpc) is 3.26. The van der Waals surface area contributed by atoms with Crippen LogP contribution in [0, 0.1) is 0 Å². The molecule has 0 spiro atoms. The van der Waals surface area contributed by atoms with Crippen molar-refractivity contribution in [3.8, 4) is 0 Å². The Kier molecular flexibility index (Phi) is 3.79. The second-order valence-electron chi connectivity index (χ2n) is 6.99. The van der Waals surface area contributed by atoms with E-state index in [-0.39, 0.29) is 10.8 Å². The van der Waals surface area contributed by atoms with Gasteiger partial charge >= 0.3 is 0 Å². The molecule has 0 radical (unpaired) electrons. The summed E-state index contributed by atoms with van der Waals surface area (Å²) in [7, 11) is -3.29. The van der Waals surface area contributed by atoms with E-state index < -0.39 is 9.84 Å². The molecule has 0 aliphatic heterocycles. The smallest absolute Gasteiger partial charge is 0.257 e. The quantitative estimate of drug-likeness (QED) is 0.551. The van der Waals surface area contributed by atoms with Gasteiger partial charge in [0.25, 0.3) is 5.91 Å². The van der Waals surface area contributed by atoms with Gasteiger partial charge < -0.3 is 0 Å². The number of sulfone groups is 1. The number of thiazole rings is 1. The fourth-order valence-corrected chi connectivity index (χ4v) is 5.35. The molecule has 4 aromatic rings. The normalized spacial score (nSPS) is 13.3. The van der Waals surface area contributed by atoms with Gasteiger partial charge in [-0.15, -0.1) is 0 Å². The lowest BCUT2D eigenvalue weighted by molar-refractivity contribution is 0.102.